The van der Waals surface area contributed by atoms with Crippen molar-refractivity contribution in [2.75, 3.05) is 22.6 Å². The third-order valence-corrected chi connectivity index (χ3v) is 6.20. The molecular weight excluding hydrogens is 364 g/mol. The highest BCUT2D eigenvalue weighted by Gasteiger charge is 2.21. The van der Waals surface area contributed by atoms with E-state index in [1.807, 2.05) is 0 Å². The molecule has 0 radical (unpaired) electrons. The second-order valence-corrected chi connectivity index (χ2v) is 8.30. The van der Waals surface area contributed by atoms with E-state index in [1.54, 1.807) is 24.3 Å². The molecule has 0 fully saturated rings. The van der Waals surface area contributed by atoms with E-state index in [2.05, 4.69) is 10.0 Å². The van der Waals surface area contributed by atoms with Crippen LogP contribution >= 0.6 is 11.8 Å². The number of benzene rings is 2. The zero-order chi connectivity index (χ0) is 17.4. The van der Waals surface area contributed by atoms with E-state index in [0.29, 0.717) is 35.0 Å². The molecule has 0 bridgehead atoms. The molecule has 1 amide bonds. The van der Waals surface area contributed by atoms with Crippen molar-refractivity contribution in [2.45, 2.75) is 16.2 Å². The van der Waals surface area contributed by atoms with Crippen molar-refractivity contribution < 1.29 is 22.7 Å². The summed E-state index contributed by atoms with van der Waals surface area (Å²) in [5.41, 5.74) is 0.888. The van der Waals surface area contributed by atoms with Gasteiger partial charge in [-0.1, -0.05) is 0 Å². The second-order valence-electron chi connectivity index (χ2n) is 5.48. The maximum atomic E-state index is 12.7. The predicted molar refractivity (Wildman–Crippen MR) is 93.8 cm³/mol. The number of nitrogens with one attached hydrogen (secondary N) is 2. The highest BCUT2D eigenvalue weighted by molar-refractivity contribution is 7.99. The van der Waals surface area contributed by atoms with Gasteiger partial charge in [0.1, 0.15) is 0 Å². The first kappa shape index (κ1) is 16.1. The first-order valence-electron chi connectivity index (χ1n) is 7.50. The largest absolute Gasteiger partial charge is 0.454 e. The van der Waals surface area contributed by atoms with Crippen LogP contribution in [0.1, 0.15) is 6.42 Å². The lowest BCUT2D eigenvalue weighted by Crippen LogP contribution is -2.14. The van der Waals surface area contributed by atoms with Crippen LogP contribution < -0.4 is 19.5 Å². The number of carbonyl (C=O) groups excluding carboxylic acids is 1. The molecule has 2 N–H and O–H groups in total. The topological polar surface area (TPSA) is 93.7 Å². The van der Waals surface area contributed by atoms with Crippen LogP contribution in [0.15, 0.2) is 46.2 Å². The summed E-state index contributed by atoms with van der Waals surface area (Å²) in [4.78, 5) is 12.6. The average Bonchev–Trinajstić information content (AvgIpc) is 2.94. The van der Waals surface area contributed by atoms with Crippen molar-refractivity contribution in [3.63, 3.8) is 0 Å². The Labute approximate surface area is 148 Å². The number of carbonyl (C=O) groups is 1. The molecule has 2 aromatic rings. The summed E-state index contributed by atoms with van der Waals surface area (Å²) < 4.78 is 38.3. The van der Waals surface area contributed by atoms with E-state index in [-0.39, 0.29) is 17.6 Å². The van der Waals surface area contributed by atoms with Gasteiger partial charge in [0, 0.05) is 23.1 Å². The van der Waals surface area contributed by atoms with Gasteiger partial charge in [-0.25, -0.2) is 8.42 Å². The standard InChI is InChI=1S/C16H14N2O5S2/c19-16-5-6-24-15-4-2-11(8-12(15)17-16)25(20,21)18-10-1-3-13-14(7-10)23-9-22-13/h1-4,7-8,18H,5-6,9H2,(H,17,19). The quantitative estimate of drug-likeness (QED) is 0.853. The van der Waals surface area contributed by atoms with Gasteiger partial charge in [-0.05, 0) is 30.3 Å². The van der Waals surface area contributed by atoms with Gasteiger partial charge < -0.3 is 14.8 Å². The summed E-state index contributed by atoms with van der Waals surface area (Å²) in [6.45, 7) is 0.119. The molecule has 25 heavy (non-hydrogen) atoms. The third kappa shape index (κ3) is 3.24. The zero-order valence-electron chi connectivity index (χ0n) is 12.9. The highest BCUT2D eigenvalue weighted by atomic mass is 32.2. The molecular formula is C16H14N2O5S2. The minimum atomic E-state index is -3.80. The van der Waals surface area contributed by atoms with Gasteiger partial charge in [0.2, 0.25) is 12.7 Å². The lowest BCUT2D eigenvalue weighted by molar-refractivity contribution is -0.115. The molecule has 0 aliphatic carbocycles. The fourth-order valence-electron chi connectivity index (χ4n) is 2.54. The molecule has 2 aliphatic heterocycles. The Morgan fingerprint density at radius 3 is 2.80 bits per heavy atom. The van der Waals surface area contributed by atoms with Gasteiger partial charge in [-0.3, -0.25) is 9.52 Å². The number of fused-ring (bicyclic) bond motifs is 2. The van der Waals surface area contributed by atoms with Gasteiger partial charge in [-0.15, -0.1) is 11.8 Å². The molecule has 9 heteroatoms. The van der Waals surface area contributed by atoms with E-state index in [1.165, 1.54) is 23.9 Å². The second kappa shape index (κ2) is 6.16. The van der Waals surface area contributed by atoms with E-state index in [4.69, 9.17) is 9.47 Å². The normalized spacial score (nSPS) is 15.9. The minimum Gasteiger partial charge on any atom is -0.454 e. The van der Waals surface area contributed by atoms with Crippen molar-refractivity contribution in [2.24, 2.45) is 0 Å². The fraction of sp³-hybridized carbons (Fsp3) is 0.188. The monoisotopic (exact) mass is 378 g/mol. The summed E-state index contributed by atoms with van der Waals surface area (Å²) >= 11 is 1.52. The maximum Gasteiger partial charge on any atom is 0.261 e. The Hall–Kier alpha value is -2.39. The maximum absolute atomic E-state index is 12.7. The van der Waals surface area contributed by atoms with Crippen LogP contribution in [0.5, 0.6) is 11.5 Å². The molecule has 4 rings (SSSR count). The van der Waals surface area contributed by atoms with Crippen LogP contribution in [0.4, 0.5) is 11.4 Å². The Morgan fingerprint density at radius 1 is 1.08 bits per heavy atom. The Kier molecular flexibility index (Phi) is 3.97. The Balaban J connectivity index is 1.63. The van der Waals surface area contributed by atoms with Crippen molar-refractivity contribution in [3.05, 3.63) is 36.4 Å². The number of rotatable bonds is 3. The SMILES string of the molecule is O=C1CCSc2ccc(S(=O)(=O)Nc3ccc4c(c3)OCO4)cc2N1. The number of hydrogen-bond donors (Lipinski definition) is 2. The van der Waals surface area contributed by atoms with Crippen LogP contribution in [0.3, 0.4) is 0 Å². The Bertz CT molecular complexity index is 959. The average molecular weight is 378 g/mol. The van der Waals surface area contributed by atoms with Gasteiger partial charge in [0.25, 0.3) is 10.0 Å². The molecule has 0 atom stereocenters. The Morgan fingerprint density at radius 2 is 1.92 bits per heavy atom. The van der Waals surface area contributed by atoms with Crippen LogP contribution in [0.2, 0.25) is 0 Å². The van der Waals surface area contributed by atoms with Crippen LogP contribution in [0.25, 0.3) is 0 Å². The molecule has 0 aromatic heterocycles. The number of ether oxygens (including phenoxy) is 2. The van der Waals surface area contributed by atoms with E-state index >= 15 is 0 Å². The molecule has 7 nitrogen and oxygen atoms in total. The van der Waals surface area contributed by atoms with Crippen molar-refractivity contribution in [1.82, 2.24) is 0 Å². The molecule has 130 valence electrons. The van der Waals surface area contributed by atoms with Crippen molar-refractivity contribution in [3.8, 4) is 11.5 Å². The van der Waals surface area contributed by atoms with Crippen molar-refractivity contribution >= 4 is 39.1 Å². The number of thioether (sulfide) groups is 1. The summed E-state index contributed by atoms with van der Waals surface area (Å²) in [6, 6.07) is 9.53. The summed E-state index contributed by atoms with van der Waals surface area (Å²) in [5, 5.41) is 2.74. The molecule has 2 heterocycles. The number of sulfonamides is 1. The van der Waals surface area contributed by atoms with Gasteiger partial charge in [-0.2, -0.15) is 0 Å². The lowest BCUT2D eigenvalue weighted by atomic mass is 10.3. The lowest BCUT2D eigenvalue weighted by Gasteiger charge is -2.12. The molecule has 0 spiro atoms. The zero-order valence-corrected chi connectivity index (χ0v) is 14.6. The predicted octanol–water partition coefficient (Wildman–Crippen LogP) is 2.65. The van der Waals surface area contributed by atoms with Gasteiger partial charge in [0.05, 0.1) is 16.3 Å². The van der Waals surface area contributed by atoms with Gasteiger partial charge in [0.15, 0.2) is 11.5 Å². The molecule has 0 saturated carbocycles. The first-order valence-corrected chi connectivity index (χ1v) is 9.97. The summed E-state index contributed by atoms with van der Waals surface area (Å²) in [7, 11) is -3.80. The number of anilines is 2. The number of hydrogen-bond acceptors (Lipinski definition) is 6. The first-order chi connectivity index (χ1) is 12.0. The molecule has 0 unspecified atom stereocenters. The van der Waals surface area contributed by atoms with E-state index in [0.717, 1.165) is 4.90 Å². The van der Waals surface area contributed by atoms with E-state index in [9.17, 15) is 13.2 Å². The fourth-order valence-corrected chi connectivity index (χ4v) is 4.55. The smallest absolute Gasteiger partial charge is 0.261 e. The van der Waals surface area contributed by atoms with Crippen molar-refractivity contribution in [1.29, 1.82) is 0 Å². The summed E-state index contributed by atoms with van der Waals surface area (Å²) in [6.07, 6.45) is 0.400. The van der Waals surface area contributed by atoms with Crippen LogP contribution in [-0.2, 0) is 14.8 Å². The molecule has 2 aliphatic rings. The van der Waals surface area contributed by atoms with Gasteiger partial charge >= 0.3 is 0 Å². The number of amides is 1. The third-order valence-electron chi connectivity index (χ3n) is 3.75. The summed E-state index contributed by atoms with van der Waals surface area (Å²) in [5.74, 6) is 1.61. The van der Waals surface area contributed by atoms with Crippen LogP contribution in [0, 0.1) is 0 Å². The minimum absolute atomic E-state index is 0.0757. The molecule has 0 saturated heterocycles. The molecule has 2 aromatic carbocycles. The van der Waals surface area contributed by atoms with Crippen LogP contribution in [-0.4, -0.2) is 26.9 Å². The van der Waals surface area contributed by atoms with E-state index < -0.39 is 10.0 Å². The highest BCUT2D eigenvalue weighted by Crippen LogP contribution is 2.36.